The number of halogens is 1. The van der Waals surface area contributed by atoms with Gasteiger partial charge in [0, 0.05) is 49.2 Å². The third kappa shape index (κ3) is 10.5. The van der Waals surface area contributed by atoms with Crippen molar-refractivity contribution in [2.75, 3.05) is 32.8 Å². The second-order valence-electron chi connectivity index (χ2n) is 14.0. The molecule has 3 aromatic carbocycles. The van der Waals surface area contributed by atoms with Gasteiger partial charge in [-0.3, -0.25) is 19.9 Å². The molecule has 1 aliphatic rings. The van der Waals surface area contributed by atoms with Crippen molar-refractivity contribution in [1.82, 2.24) is 15.2 Å². The van der Waals surface area contributed by atoms with E-state index in [9.17, 15) is 30.2 Å². The molecule has 0 spiro atoms. The predicted octanol–water partition coefficient (Wildman–Crippen LogP) is 6.54. The Morgan fingerprint density at radius 2 is 1.73 bits per heavy atom. The van der Waals surface area contributed by atoms with Crippen molar-refractivity contribution < 1.29 is 39.1 Å². The molecule has 0 amide bonds. The molecule has 12 nitrogen and oxygen atoms in total. The van der Waals surface area contributed by atoms with E-state index in [2.05, 4.69) is 33.4 Å². The van der Waals surface area contributed by atoms with E-state index in [0.717, 1.165) is 65.9 Å². The molecule has 5 rings (SSSR count). The van der Waals surface area contributed by atoms with Crippen LogP contribution in [0, 0.1) is 31.1 Å². The van der Waals surface area contributed by atoms with Gasteiger partial charge in [0.1, 0.15) is 42.1 Å². The predicted molar refractivity (Wildman–Crippen MR) is 207 cm³/mol. The van der Waals surface area contributed by atoms with Crippen LogP contribution in [0.4, 0.5) is 0 Å². The quantitative estimate of drug-likeness (QED) is 0.0806. The Hall–Kier alpha value is -5.19. The van der Waals surface area contributed by atoms with Crippen LogP contribution >= 0.6 is 11.6 Å². The Bertz CT molecular complexity index is 2040. The van der Waals surface area contributed by atoms with Crippen LogP contribution in [0.5, 0.6) is 17.2 Å². The number of nitriles is 1. The number of nitrogens with one attached hydrogen (secondary N) is 1. The van der Waals surface area contributed by atoms with Crippen molar-refractivity contribution >= 4 is 23.5 Å². The van der Waals surface area contributed by atoms with E-state index in [4.69, 9.17) is 25.8 Å². The van der Waals surface area contributed by atoms with Crippen molar-refractivity contribution in [1.29, 1.82) is 5.26 Å². The number of hydrogen-bond donors (Lipinski definition) is 4. The van der Waals surface area contributed by atoms with E-state index >= 15 is 0 Å². The van der Waals surface area contributed by atoms with Gasteiger partial charge in [0.25, 0.3) is 0 Å². The van der Waals surface area contributed by atoms with Gasteiger partial charge in [-0.15, -0.1) is 0 Å². The molecule has 2 heterocycles. The number of pyridine rings is 1. The zero-order valence-electron chi connectivity index (χ0n) is 31.3. The monoisotopic (exact) mass is 770 g/mol. The minimum atomic E-state index is -1.60. The second-order valence-corrected chi connectivity index (χ2v) is 14.4. The number of piperidine rings is 1. The highest BCUT2D eigenvalue weighted by Gasteiger charge is 2.32. The average molecular weight is 771 g/mol. The molecule has 0 saturated carbocycles. The largest absolute Gasteiger partial charge is 0.493 e. The Labute approximate surface area is 326 Å². The molecule has 290 valence electrons. The number of aromatic nitrogens is 1. The standard InChI is InChI=1S/C42H47ClN4O8/c1-27-32(8-4-10-34(27)35-11-5-12-37(28(35)2)53-15-7-14-47-13-6-9-31(23-47)40(49)50)25-55-39-18-38(54-24-30-16-29(19-44)20-45-21-30)33(17-36(39)43)22-46-42(3,26-48)41(51)52/h4-5,8,10-12,16-18,20-21,31,46,48H,6-7,9,13-15,22-26H2,1-3H3,(H,49,50)(H,51,52)/t31-,42+/m1/s1. The Morgan fingerprint density at radius 1 is 0.982 bits per heavy atom. The first-order valence-electron chi connectivity index (χ1n) is 18.2. The summed E-state index contributed by atoms with van der Waals surface area (Å²) in [5.41, 5.74) is 5.03. The van der Waals surface area contributed by atoms with Crippen LogP contribution < -0.4 is 19.5 Å². The molecule has 0 bridgehead atoms. The number of benzene rings is 3. The van der Waals surface area contributed by atoms with Crippen LogP contribution in [0.1, 0.15) is 59.6 Å². The van der Waals surface area contributed by atoms with Gasteiger partial charge in [-0.25, -0.2) is 0 Å². The molecule has 1 saturated heterocycles. The number of carboxylic acid groups (broad SMARTS) is 2. The van der Waals surface area contributed by atoms with Gasteiger partial charge >= 0.3 is 11.9 Å². The number of ether oxygens (including phenoxy) is 3. The first-order chi connectivity index (χ1) is 26.4. The second kappa shape index (κ2) is 18.9. The number of aliphatic hydroxyl groups excluding tert-OH is 1. The maximum atomic E-state index is 11.8. The summed E-state index contributed by atoms with van der Waals surface area (Å²) in [5, 5.41) is 41.3. The lowest BCUT2D eigenvalue weighted by Crippen LogP contribution is -2.52. The maximum absolute atomic E-state index is 11.8. The van der Waals surface area contributed by atoms with E-state index in [1.54, 1.807) is 24.4 Å². The molecule has 13 heteroatoms. The highest BCUT2D eigenvalue weighted by Crippen LogP contribution is 2.36. The number of hydrogen-bond acceptors (Lipinski definition) is 10. The lowest BCUT2D eigenvalue weighted by molar-refractivity contribution is -0.146. The zero-order valence-corrected chi connectivity index (χ0v) is 32.1. The van der Waals surface area contributed by atoms with Crippen LogP contribution in [0.15, 0.2) is 67.0 Å². The van der Waals surface area contributed by atoms with Crippen molar-refractivity contribution in [3.05, 3.63) is 105 Å². The van der Waals surface area contributed by atoms with Gasteiger partial charge in [0.2, 0.25) is 0 Å². The summed E-state index contributed by atoms with van der Waals surface area (Å²) < 4.78 is 18.7. The number of aliphatic hydroxyl groups is 1. The zero-order chi connectivity index (χ0) is 39.5. The topological polar surface area (TPSA) is 174 Å². The fraction of sp³-hybridized carbons (Fsp3) is 0.381. The lowest BCUT2D eigenvalue weighted by atomic mass is 9.93. The summed E-state index contributed by atoms with van der Waals surface area (Å²) in [7, 11) is 0. The van der Waals surface area contributed by atoms with E-state index < -0.39 is 24.1 Å². The van der Waals surface area contributed by atoms with Gasteiger partial charge in [0.05, 0.1) is 29.7 Å². The molecule has 0 unspecified atom stereocenters. The van der Waals surface area contributed by atoms with Crippen molar-refractivity contribution in [2.24, 2.45) is 5.92 Å². The first-order valence-corrected chi connectivity index (χ1v) is 18.6. The van der Waals surface area contributed by atoms with Gasteiger partial charge in [-0.05, 0) is 92.6 Å². The number of aliphatic carboxylic acids is 2. The summed E-state index contributed by atoms with van der Waals surface area (Å²) in [6, 6.07) is 19.1. The highest BCUT2D eigenvalue weighted by molar-refractivity contribution is 6.32. The van der Waals surface area contributed by atoms with Crippen LogP contribution in [-0.4, -0.2) is 75.5 Å². The summed E-state index contributed by atoms with van der Waals surface area (Å²) >= 11 is 6.73. The molecule has 2 atom stereocenters. The summed E-state index contributed by atoms with van der Waals surface area (Å²) in [6.07, 6.45) is 5.48. The maximum Gasteiger partial charge on any atom is 0.326 e. The Morgan fingerprint density at radius 3 is 2.45 bits per heavy atom. The van der Waals surface area contributed by atoms with Gasteiger partial charge in [-0.1, -0.05) is 41.9 Å². The number of carboxylic acids is 2. The highest BCUT2D eigenvalue weighted by atomic mass is 35.5. The number of nitrogens with zero attached hydrogens (tertiary/aromatic N) is 3. The van der Waals surface area contributed by atoms with E-state index in [1.165, 1.54) is 13.1 Å². The normalized spacial score (nSPS) is 15.5. The molecule has 1 fully saturated rings. The van der Waals surface area contributed by atoms with Crippen LogP contribution in [0.3, 0.4) is 0 Å². The molecule has 55 heavy (non-hydrogen) atoms. The molecule has 4 aromatic rings. The molecule has 0 aliphatic carbocycles. The molecule has 1 aliphatic heterocycles. The first kappa shape index (κ1) is 41.0. The van der Waals surface area contributed by atoms with Crippen molar-refractivity contribution in [2.45, 2.75) is 65.3 Å². The van der Waals surface area contributed by atoms with Crippen molar-refractivity contribution in [3.63, 3.8) is 0 Å². The Kier molecular flexibility index (Phi) is 14.1. The number of carbonyl (C=O) groups is 2. The fourth-order valence-electron chi connectivity index (χ4n) is 6.52. The van der Waals surface area contributed by atoms with E-state index in [-0.39, 0.29) is 30.7 Å². The number of likely N-dealkylation sites (tertiary alicyclic amines) is 1. The lowest BCUT2D eigenvalue weighted by Gasteiger charge is -2.30. The summed E-state index contributed by atoms with van der Waals surface area (Å²) in [6.45, 7) is 7.93. The fourth-order valence-corrected chi connectivity index (χ4v) is 6.76. The third-order valence-electron chi connectivity index (χ3n) is 10.0. The van der Waals surface area contributed by atoms with Crippen LogP contribution in [-0.2, 0) is 29.3 Å². The molecular weight excluding hydrogens is 724 g/mol. The third-order valence-corrected chi connectivity index (χ3v) is 10.3. The number of rotatable bonds is 18. The molecule has 4 N–H and O–H groups in total. The SMILES string of the molecule is Cc1c(COc2cc(OCc3cncc(C#N)c3)c(CN[C@@](C)(CO)C(=O)O)cc2Cl)cccc1-c1cccc(OCCCN2CCC[C@@H](C(=O)O)C2)c1C. The van der Waals surface area contributed by atoms with E-state index in [1.807, 2.05) is 38.1 Å². The smallest absolute Gasteiger partial charge is 0.326 e. The summed E-state index contributed by atoms with van der Waals surface area (Å²) in [4.78, 5) is 29.6. The Balaban J connectivity index is 1.29. The average Bonchev–Trinajstić information content (AvgIpc) is 3.19. The molecular formula is C42H47ClN4O8. The molecule has 0 radical (unpaired) electrons. The van der Waals surface area contributed by atoms with Crippen LogP contribution in [0.2, 0.25) is 5.02 Å². The van der Waals surface area contributed by atoms with Gasteiger partial charge in [0.15, 0.2) is 0 Å². The minimum Gasteiger partial charge on any atom is -0.493 e. The van der Waals surface area contributed by atoms with Gasteiger partial charge in [-0.2, -0.15) is 5.26 Å². The van der Waals surface area contributed by atoms with Crippen LogP contribution in [0.25, 0.3) is 11.1 Å². The molecule has 1 aromatic heterocycles. The van der Waals surface area contributed by atoms with Crippen molar-refractivity contribution in [3.8, 4) is 34.4 Å². The minimum absolute atomic E-state index is 0.0180. The summed E-state index contributed by atoms with van der Waals surface area (Å²) in [5.74, 6) is -0.702. The van der Waals surface area contributed by atoms with E-state index in [0.29, 0.717) is 41.3 Å². The van der Waals surface area contributed by atoms with Gasteiger partial charge < -0.3 is 34.4 Å².